The largest absolute Gasteiger partial charge is 0.490 e. The lowest BCUT2D eigenvalue weighted by atomic mass is 10.1. The molecule has 19 heavy (non-hydrogen) atoms. The van der Waals surface area contributed by atoms with Crippen LogP contribution in [0.5, 0.6) is 5.75 Å². The molecule has 0 saturated carbocycles. The average Bonchev–Trinajstić information content (AvgIpc) is 2.39. The van der Waals surface area contributed by atoms with Gasteiger partial charge >= 0.3 is 0 Å². The lowest BCUT2D eigenvalue weighted by molar-refractivity contribution is 0.230. The third-order valence-corrected chi connectivity index (χ3v) is 2.95. The number of benzene rings is 2. The summed E-state index contributed by atoms with van der Waals surface area (Å²) in [4.78, 5) is 0.480. The van der Waals surface area contributed by atoms with E-state index in [2.05, 4.69) is 24.3 Å². The van der Waals surface area contributed by atoms with Crippen LogP contribution in [0.2, 0.25) is 0 Å². The van der Waals surface area contributed by atoms with Crippen molar-refractivity contribution in [2.75, 3.05) is 0 Å². The van der Waals surface area contributed by atoms with Gasteiger partial charge in [0.2, 0.25) is 0 Å². The van der Waals surface area contributed by atoms with Crippen molar-refractivity contribution in [1.29, 1.82) is 0 Å². The van der Waals surface area contributed by atoms with Crippen molar-refractivity contribution in [2.24, 2.45) is 5.73 Å². The Morgan fingerprint density at radius 3 is 2.21 bits per heavy atom. The molecule has 0 aromatic heterocycles. The molecule has 0 heterocycles. The molecule has 1 unspecified atom stereocenters. The summed E-state index contributed by atoms with van der Waals surface area (Å²) in [5.41, 5.74) is 7.87. The van der Waals surface area contributed by atoms with Crippen LogP contribution < -0.4 is 10.5 Å². The Morgan fingerprint density at radius 2 is 1.63 bits per heavy atom. The maximum atomic E-state index is 5.75. The molecule has 3 heteroatoms. The van der Waals surface area contributed by atoms with Gasteiger partial charge in [0, 0.05) is 6.42 Å². The molecule has 0 spiro atoms. The van der Waals surface area contributed by atoms with Crippen molar-refractivity contribution in [3.05, 3.63) is 54.6 Å². The zero-order chi connectivity index (χ0) is 13.7. The summed E-state index contributed by atoms with van der Waals surface area (Å²) in [5, 5.41) is 0. The van der Waals surface area contributed by atoms with Crippen molar-refractivity contribution < 1.29 is 4.74 Å². The normalized spacial score (nSPS) is 11.8. The van der Waals surface area contributed by atoms with Crippen LogP contribution in [0.3, 0.4) is 0 Å². The summed E-state index contributed by atoms with van der Waals surface area (Å²) in [6.45, 7) is 1.96. The van der Waals surface area contributed by atoms with Crippen LogP contribution in [0.15, 0.2) is 54.6 Å². The van der Waals surface area contributed by atoms with Gasteiger partial charge in [-0.2, -0.15) is 0 Å². The fourth-order valence-corrected chi connectivity index (χ4v) is 2.15. The first-order valence-electron chi connectivity index (χ1n) is 6.25. The highest BCUT2D eigenvalue weighted by Crippen LogP contribution is 2.22. The van der Waals surface area contributed by atoms with Crippen LogP contribution >= 0.6 is 12.2 Å². The summed E-state index contributed by atoms with van der Waals surface area (Å²) in [5.74, 6) is 0.837. The Balaban J connectivity index is 2.05. The zero-order valence-corrected chi connectivity index (χ0v) is 11.7. The minimum absolute atomic E-state index is 0.0000697. The highest BCUT2D eigenvalue weighted by molar-refractivity contribution is 7.80. The Morgan fingerprint density at radius 1 is 1.05 bits per heavy atom. The Bertz CT molecular complexity index is 536. The van der Waals surface area contributed by atoms with Gasteiger partial charge in [0.25, 0.3) is 0 Å². The molecular formula is C16H17NOS. The number of thiocarbonyl (C=S) groups is 1. The van der Waals surface area contributed by atoms with E-state index < -0.39 is 0 Å². The van der Waals surface area contributed by atoms with E-state index in [-0.39, 0.29) is 6.10 Å². The molecule has 2 N–H and O–H groups in total. The SMILES string of the molecule is CC(CC(N)=S)Oc1ccc(-c2ccccc2)cc1. The summed E-state index contributed by atoms with van der Waals surface area (Å²) in [7, 11) is 0. The van der Waals surface area contributed by atoms with Gasteiger partial charge in [0.15, 0.2) is 0 Å². The quantitative estimate of drug-likeness (QED) is 0.840. The number of rotatable bonds is 5. The molecule has 0 aliphatic heterocycles. The van der Waals surface area contributed by atoms with Gasteiger partial charge < -0.3 is 10.5 Å². The fraction of sp³-hybridized carbons (Fsp3) is 0.188. The molecule has 2 nitrogen and oxygen atoms in total. The maximum absolute atomic E-state index is 5.75. The van der Waals surface area contributed by atoms with Crippen molar-refractivity contribution in [3.8, 4) is 16.9 Å². The first kappa shape index (κ1) is 13.6. The predicted octanol–water partition coefficient (Wildman–Crippen LogP) is 3.80. The second-order valence-corrected chi connectivity index (χ2v) is 5.01. The molecule has 98 valence electrons. The number of hydrogen-bond donors (Lipinski definition) is 1. The Kier molecular flexibility index (Phi) is 4.53. The minimum Gasteiger partial charge on any atom is -0.490 e. The van der Waals surface area contributed by atoms with Crippen molar-refractivity contribution in [2.45, 2.75) is 19.4 Å². The lowest BCUT2D eigenvalue weighted by Gasteiger charge is -2.14. The predicted molar refractivity (Wildman–Crippen MR) is 83.4 cm³/mol. The van der Waals surface area contributed by atoms with Gasteiger partial charge in [-0.1, -0.05) is 54.7 Å². The smallest absolute Gasteiger partial charge is 0.119 e. The monoisotopic (exact) mass is 271 g/mol. The Hall–Kier alpha value is -1.87. The van der Waals surface area contributed by atoms with E-state index in [4.69, 9.17) is 22.7 Å². The van der Waals surface area contributed by atoms with Crippen molar-refractivity contribution in [3.63, 3.8) is 0 Å². The van der Waals surface area contributed by atoms with Crippen LogP contribution in [-0.2, 0) is 0 Å². The summed E-state index contributed by atoms with van der Waals surface area (Å²) in [6, 6.07) is 18.3. The first-order chi connectivity index (χ1) is 9.15. The molecule has 2 aromatic rings. The zero-order valence-electron chi connectivity index (χ0n) is 10.9. The molecular weight excluding hydrogens is 254 g/mol. The van der Waals surface area contributed by atoms with Crippen LogP contribution in [0.1, 0.15) is 13.3 Å². The molecule has 0 aliphatic rings. The maximum Gasteiger partial charge on any atom is 0.119 e. The molecule has 2 rings (SSSR count). The van der Waals surface area contributed by atoms with E-state index in [0.29, 0.717) is 11.4 Å². The van der Waals surface area contributed by atoms with E-state index in [1.807, 2.05) is 37.3 Å². The number of ether oxygens (including phenoxy) is 1. The van der Waals surface area contributed by atoms with E-state index in [9.17, 15) is 0 Å². The van der Waals surface area contributed by atoms with Crippen LogP contribution in [0.4, 0.5) is 0 Å². The van der Waals surface area contributed by atoms with Gasteiger partial charge in [0.1, 0.15) is 11.9 Å². The summed E-state index contributed by atoms with van der Waals surface area (Å²) < 4.78 is 5.75. The van der Waals surface area contributed by atoms with Crippen molar-refractivity contribution >= 4 is 17.2 Å². The third-order valence-electron chi connectivity index (χ3n) is 2.79. The number of hydrogen-bond acceptors (Lipinski definition) is 2. The second kappa shape index (κ2) is 6.34. The summed E-state index contributed by atoms with van der Waals surface area (Å²) >= 11 is 4.87. The lowest BCUT2D eigenvalue weighted by Crippen LogP contribution is -2.20. The fourth-order valence-electron chi connectivity index (χ4n) is 1.91. The van der Waals surface area contributed by atoms with Gasteiger partial charge in [-0.3, -0.25) is 0 Å². The molecule has 0 aliphatic carbocycles. The molecule has 0 bridgehead atoms. The highest BCUT2D eigenvalue weighted by Gasteiger charge is 2.05. The van der Waals surface area contributed by atoms with E-state index in [1.165, 1.54) is 11.1 Å². The molecule has 0 fully saturated rings. The van der Waals surface area contributed by atoms with Crippen molar-refractivity contribution in [1.82, 2.24) is 0 Å². The van der Waals surface area contributed by atoms with E-state index in [0.717, 1.165) is 5.75 Å². The third kappa shape index (κ3) is 4.07. The topological polar surface area (TPSA) is 35.2 Å². The molecule has 2 aromatic carbocycles. The molecule has 0 saturated heterocycles. The Labute approximate surface area is 119 Å². The molecule has 1 atom stereocenters. The van der Waals surface area contributed by atoms with Crippen LogP contribution in [0.25, 0.3) is 11.1 Å². The molecule has 0 radical (unpaired) electrons. The first-order valence-corrected chi connectivity index (χ1v) is 6.66. The van der Waals surface area contributed by atoms with Gasteiger partial charge in [-0.25, -0.2) is 0 Å². The highest BCUT2D eigenvalue weighted by atomic mass is 32.1. The standard InChI is InChI=1S/C16H17NOS/c1-12(11-16(17)19)18-15-9-7-14(8-10-15)13-5-3-2-4-6-13/h2-10,12H,11H2,1H3,(H2,17,19). The van der Waals surface area contributed by atoms with Crippen LogP contribution in [0, 0.1) is 0 Å². The average molecular weight is 271 g/mol. The van der Waals surface area contributed by atoms with Crippen LogP contribution in [-0.4, -0.2) is 11.1 Å². The second-order valence-electron chi connectivity index (χ2n) is 4.49. The minimum atomic E-state index is 0.0000697. The van der Waals surface area contributed by atoms with E-state index in [1.54, 1.807) is 0 Å². The number of nitrogens with two attached hydrogens (primary N) is 1. The summed E-state index contributed by atoms with van der Waals surface area (Å²) in [6.07, 6.45) is 0.593. The van der Waals surface area contributed by atoms with Gasteiger partial charge in [0.05, 0.1) is 4.99 Å². The van der Waals surface area contributed by atoms with Gasteiger partial charge in [-0.05, 0) is 30.2 Å². The van der Waals surface area contributed by atoms with E-state index >= 15 is 0 Å². The van der Waals surface area contributed by atoms with Gasteiger partial charge in [-0.15, -0.1) is 0 Å². The molecule has 0 amide bonds.